The van der Waals surface area contributed by atoms with Crippen molar-refractivity contribution >= 4 is 0 Å². The van der Waals surface area contributed by atoms with Crippen molar-refractivity contribution < 1.29 is 13.7 Å². The molecule has 0 saturated heterocycles. The van der Waals surface area contributed by atoms with Gasteiger partial charge in [-0.05, 0) is 117 Å². The molecule has 0 aliphatic heterocycles. The highest BCUT2D eigenvalue weighted by molar-refractivity contribution is 5.68. The molecule has 0 aliphatic carbocycles. The lowest BCUT2D eigenvalue weighted by Crippen LogP contribution is -2.30. The molecule has 6 heteroatoms. The molecule has 9 aromatic rings. The normalized spacial score (nSPS) is 10.9. The zero-order chi connectivity index (χ0) is 49.0. The molecule has 6 heterocycles. The van der Waals surface area contributed by atoms with Gasteiger partial charge in [0.15, 0.2) is 18.6 Å². The van der Waals surface area contributed by atoms with Crippen LogP contribution in [0.4, 0.5) is 0 Å². The fourth-order valence-electron chi connectivity index (χ4n) is 8.61. The van der Waals surface area contributed by atoms with E-state index in [2.05, 4.69) is 269 Å². The van der Waals surface area contributed by atoms with Gasteiger partial charge in [0.1, 0.15) is 21.1 Å². The van der Waals surface area contributed by atoms with Gasteiger partial charge in [0.05, 0.1) is 0 Å². The number of aromatic nitrogens is 6. The van der Waals surface area contributed by atoms with E-state index in [1.54, 1.807) is 0 Å². The molecule has 0 atom stereocenters. The van der Waals surface area contributed by atoms with E-state index in [1.165, 1.54) is 67.2 Å². The Kier molecular flexibility index (Phi) is 16.5. The van der Waals surface area contributed by atoms with Crippen LogP contribution in [0.15, 0.2) is 183 Å². The van der Waals surface area contributed by atoms with Crippen molar-refractivity contribution in [1.82, 2.24) is 15.0 Å². The highest BCUT2D eigenvalue weighted by Crippen LogP contribution is 2.27. The van der Waals surface area contributed by atoms with Gasteiger partial charge in [-0.3, -0.25) is 15.0 Å². The second kappa shape index (κ2) is 23.0. The van der Waals surface area contributed by atoms with E-state index in [-0.39, 0.29) is 0 Å². The smallest absolute Gasteiger partial charge is 0.212 e. The van der Waals surface area contributed by atoms with Crippen molar-refractivity contribution in [3.05, 3.63) is 217 Å². The van der Waals surface area contributed by atoms with Gasteiger partial charge in [0, 0.05) is 104 Å². The predicted octanol–water partition coefficient (Wildman–Crippen LogP) is 13.5. The zero-order valence-electron chi connectivity index (χ0n) is 42.6. The maximum atomic E-state index is 4.61. The van der Waals surface area contributed by atoms with Gasteiger partial charge in [-0.1, -0.05) is 107 Å². The summed E-state index contributed by atoms with van der Waals surface area (Å²) < 4.78 is 6.57. The average Bonchev–Trinajstić information content (AvgIpc) is 3.35. The van der Waals surface area contributed by atoms with Gasteiger partial charge in [0.2, 0.25) is 17.1 Å². The summed E-state index contributed by atoms with van der Waals surface area (Å²) in [4.78, 5) is 13.7. The zero-order valence-corrected chi connectivity index (χ0v) is 42.6. The first kappa shape index (κ1) is 49.5. The first-order valence-electron chi connectivity index (χ1n) is 24.3. The third kappa shape index (κ3) is 12.6. The number of pyridine rings is 6. The van der Waals surface area contributed by atoms with Gasteiger partial charge in [-0.15, -0.1) is 0 Å². The van der Waals surface area contributed by atoms with E-state index in [9.17, 15) is 0 Å². The molecule has 9 rings (SSSR count). The molecular weight excluding hydrogens is 841 g/mol. The highest BCUT2D eigenvalue weighted by Gasteiger charge is 2.17. The summed E-state index contributed by atoms with van der Waals surface area (Å²) in [6, 6.07) is 51.4. The van der Waals surface area contributed by atoms with Crippen LogP contribution >= 0.6 is 0 Å². The summed E-state index contributed by atoms with van der Waals surface area (Å²) in [7, 11) is 6.30. The first-order chi connectivity index (χ1) is 33.3. The Morgan fingerprint density at radius 1 is 0.391 bits per heavy atom. The minimum atomic E-state index is 0.462. The van der Waals surface area contributed by atoms with Crippen LogP contribution in [0.2, 0.25) is 0 Å². The molecule has 6 aromatic heterocycles. The van der Waals surface area contributed by atoms with Crippen LogP contribution < -0.4 is 13.7 Å². The number of benzene rings is 3. The Morgan fingerprint density at radius 2 is 0.739 bits per heavy atom. The quantitative estimate of drug-likeness (QED) is 0.128. The van der Waals surface area contributed by atoms with Crippen LogP contribution in [0.1, 0.15) is 74.3 Å². The Hall–Kier alpha value is -7.44. The lowest BCUT2D eigenvalue weighted by molar-refractivity contribution is -0.660. The summed E-state index contributed by atoms with van der Waals surface area (Å²) in [5.41, 5.74) is 21.8. The van der Waals surface area contributed by atoms with Crippen molar-refractivity contribution in [2.45, 2.75) is 74.1 Å². The second-order valence-electron chi connectivity index (χ2n) is 18.8. The van der Waals surface area contributed by atoms with E-state index >= 15 is 0 Å². The van der Waals surface area contributed by atoms with E-state index in [4.69, 9.17) is 0 Å². The summed E-state index contributed by atoms with van der Waals surface area (Å²) in [5, 5.41) is 0. The Balaban J connectivity index is 0.000000153. The molecule has 0 bridgehead atoms. The van der Waals surface area contributed by atoms with Crippen molar-refractivity contribution in [2.24, 2.45) is 27.1 Å². The molecule has 6 nitrogen and oxygen atoms in total. The minimum Gasteiger partial charge on any atom is -0.261 e. The summed E-state index contributed by atoms with van der Waals surface area (Å²) in [5.74, 6) is 1.10. The topological polar surface area (TPSA) is 50.3 Å². The molecule has 0 fully saturated rings. The van der Waals surface area contributed by atoms with Crippen molar-refractivity contribution in [3.8, 4) is 67.2 Å². The van der Waals surface area contributed by atoms with Gasteiger partial charge < -0.3 is 0 Å². The van der Waals surface area contributed by atoms with E-state index in [1.807, 2.05) is 18.6 Å². The third-order valence-electron chi connectivity index (χ3n) is 12.7. The number of aryl methyl sites for hydroxylation is 7. The van der Waals surface area contributed by atoms with Crippen molar-refractivity contribution in [3.63, 3.8) is 0 Å². The van der Waals surface area contributed by atoms with E-state index in [0.717, 1.165) is 46.6 Å². The monoisotopic (exact) mass is 910 g/mol. The third-order valence-corrected chi connectivity index (χ3v) is 12.7. The second-order valence-corrected chi connectivity index (χ2v) is 18.8. The van der Waals surface area contributed by atoms with Crippen molar-refractivity contribution in [2.75, 3.05) is 0 Å². The first-order valence-corrected chi connectivity index (χ1v) is 24.3. The summed E-state index contributed by atoms with van der Waals surface area (Å²) >= 11 is 0. The van der Waals surface area contributed by atoms with E-state index < -0.39 is 0 Å². The molecule has 0 unspecified atom stereocenters. The maximum Gasteiger partial charge on any atom is 0.212 e. The van der Waals surface area contributed by atoms with Gasteiger partial charge in [-0.2, -0.15) is 0 Å². The summed E-state index contributed by atoms with van der Waals surface area (Å²) in [6.07, 6.45) is 14.4. The number of nitrogens with zero attached hydrogens (tertiary/aromatic N) is 6. The van der Waals surface area contributed by atoms with Crippen LogP contribution in [0.25, 0.3) is 67.2 Å². The largest absolute Gasteiger partial charge is 0.261 e. The molecular formula is C63H69N6+3. The predicted molar refractivity (Wildman–Crippen MR) is 285 cm³/mol. The van der Waals surface area contributed by atoms with Gasteiger partial charge >= 0.3 is 0 Å². The highest BCUT2D eigenvalue weighted by atomic mass is 14.9. The van der Waals surface area contributed by atoms with Gasteiger partial charge in [-0.25, -0.2) is 13.7 Å². The Bertz CT molecular complexity index is 3110. The number of hydrogen-bond donors (Lipinski definition) is 0. The van der Waals surface area contributed by atoms with Crippen LogP contribution in [0.5, 0.6) is 0 Å². The molecule has 69 heavy (non-hydrogen) atoms. The average molecular weight is 910 g/mol. The lowest BCUT2D eigenvalue weighted by Gasteiger charge is -2.07. The fraction of sp³-hybridized carbons (Fsp3) is 0.238. The SMILES string of the molecule is CCc1ccc(-c2ccc(-c3ccccc3C)[n+](C)c2)cn1.Cc1ccccc1-c1ccc(-c2ccc(C(C)C)nc2)c[n+]1C.Cc1ccccc1-c1ccc(-c2ccc(CC(C)C)nc2)c[n+]1C. The molecule has 0 N–H and O–H groups in total. The number of rotatable bonds is 10. The lowest BCUT2D eigenvalue weighted by atomic mass is 10.0. The molecule has 0 spiro atoms. The van der Waals surface area contributed by atoms with Crippen LogP contribution in [0.3, 0.4) is 0 Å². The number of hydrogen-bond acceptors (Lipinski definition) is 3. The molecule has 348 valence electrons. The maximum absolute atomic E-state index is 4.61. The molecule has 0 amide bonds. The Labute approximate surface area is 411 Å². The molecule has 0 radical (unpaired) electrons. The molecule has 3 aromatic carbocycles. The molecule has 0 aliphatic rings. The Morgan fingerprint density at radius 3 is 1.03 bits per heavy atom. The fourth-order valence-corrected chi connectivity index (χ4v) is 8.61. The standard InChI is InChI=1S/C22H25N2.C21H23N2.C20H21N2/c1-16(2)13-20-11-9-18(14-23-20)19-10-12-22(24(4)15-19)21-8-6-5-7-17(21)3;1-15(2)20-11-9-17(13-22-20)18-10-12-21(23(4)14-18)19-8-6-5-7-16(19)3;1-4-18-11-9-16(13-21-18)17-10-12-20(22(3)14-17)19-8-6-5-7-15(19)2/h5-12,14-16H,13H2,1-4H3;5-15H,1-4H3;5-14H,4H2,1-3H3/q3*+1. The van der Waals surface area contributed by atoms with Crippen LogP contribution in [0, 0.1) is 26.7 Å². The minimum absolute atomic E-state index is 0.462. The molecule has 0 saturated carbocycles. The van der Waals surface area contributed by atoms with Crippen LogP contribution in [-0.2, 0) is 34.0 Å². The summed E-state index contributed by atoms with van der Waals surface area (Å²) in [6.45, 7) is 17.4. The van der Waals surface area contributed by atoms with Crippen molar-refractivity contribution in [1.29, 1.82) is 0 Å². The van der Waals surface area contributed by atoms with E-state index in [0.29, 0.717) is 11.8 Å². The van der Waals surface area contributed by atoms with Gasteiger partial charge in [0.25, 0.3) is 0 Å². The van der Waals surface area contributed by atoms with Crippen LogP contribution in [-0.4, -0.2) is 15.0 Å².